The summed E-state index contributed by atoms with van der Waals surface area (Å²) < 4.78 is 27.3. The topological polar surface area (TPSA) is 69.7 Å². The summed E-state index contributed by atoms with van der Waals surface area (Å²) in [7, 11) is -1.68. The standard InChI is InChI=1S/C20H23Cl2N3O3S/c1-14(18-7-6-16(21)13-19(18)22)23-20(26)15-4-3-5-17(12-15)29(27,28)25-10-8-24(2)9-11-25/h3-7,12-14H,8-11H2,1-2H3,(H,23,26)/t14-/m0/s1. The molecule has 0 saturated carbocycles. The van der Waals surface area contributed by atoms with Gasteiger partial charge in [-0.05, 0) is 49.9 Å². The minimum absolute atomic E-state index is 0.117. The lowest BCUT2D eigenvalue weighted by Crippen LogP contribution is -2.47. The van der Waals surface area contributed by atoms with E-state index >= 15 is 0 Å². The van der Waals surface area contributed by atoms with Crippen molar-refractivity contribution < 1.29 is 13.2 Å². The minimum Gasteiger partial charge on any atom is -0.345 e. The second kappa shape index (κ2) is 9.02. The molecule has 0 aromatic heterocycles. The van der Waals surface area contributed by atoms with Gasteiger partial charge in [-0.25, -0.2) is 8.42 Å². The molecule has 1 N–H and O–H groups in total. The molecule has 0 radical (unpaired) electrons. The van der Waals surface area contributed by atoms with E-state index in [2.05, 4.69) is 10.2 Å². The van der Waals surface area contributed by atoms with E-state index in [1.54, 1.807) is 37.3 Å². The number of amides is 1. The molecule has 1 fully saturated rings. The predicted octanol–water partition coefficient (Wildman–Crippen LogP) is 3.42. The van der Waals surface area contributed by atoms with Crippen molar-refractivity contribution in [3.8, 4) is 0 Å². The van der Waals surface area contributed by atoms with E-state index < -0.39 is 10.0 Å². The van der Waals surface area contributed by atoms with Crippen LogP contribution in [-0.2, 0) is 10.0 Å². The Morgan fingerprint density at radius 3 is 2.41 bits per heavy atom. The first-order chi connectivity index (χ1) is 13.7. The number of hydrogen-bond acceptors (Lipinski definition) is 4. The van der Waals surface area contributed by atoms with Gasteiger partial charge < -0.3 is 10.2 Å². The van der Waals surface area contributed by atoms with E-state index in [-0.39, 0.29) is 22.4 Å². The highest BCUT2D eigenvalue weighted by atomic mass is 35.5. The number of nitrogens with zero attached hydrogens (tertiary/aromatic N) is 2. The molecule has 156 valence electrons. The second-order valence-electron chi connectivity index (χ2n) is 7.10. The van der Waals surface area contributed by atoms with Crippen molar-refractivity contribution in [3.05, 3.63) is 63.6 Å². The number of halogens is 2. The monoisotopic (exact) mass is 455 g/mol. The number of likely N-dealkylation sites (N-methyl/N-ethyl adjacent to an activating group) is 1. The van der Waals surface area contributed by atoms with Gasteiger partial charge in [-0.2, -0.15) is 4.31 Å². The zero-order chi connectivity index (χ0) is 21.2. The second-order valence-corrected chi connectivity index (χ2v) is 9.88. The number of carbonyl (C=O) groups excluding carboxylic acids is 1. The van der Waals surface area contributed by atoms with Crippen molar-refractivity contribution >= 4 is 39.1 Å². The summed E-state index contributed by atoms with van der Waals surface area (Å²) in [5.74, 6) is -0.376. The lowest BCUT2D eigenvalue weighted by Gasteiger charge is -2.31. The van der Waals surface area contributed by atoms with E-state index in [4.69, 9.17) is 23.2 Å². The molecule has 0 bridgehead atoms. The number of sulfonamides is 1. The molecule has 9 heteroatoms. The van der Waals surface area contributed by atoms with Gasteiger partial charge in [0.2, 0.25) is 10.0 Å². The highest BCUT2D eigenvalue weighted by molar-refractivity contribution is 7.89. The van der Waals surface area contributed by atoms with E-state index in [0.717, 1.165) is 5.56 Å². The van der Waals surface area contributed by atoms with Gasteiger partial charge in [-0.3, -0.25) is 4.79 Å². The zero-order valence-corrected chi connectivity index (χ0v) is 18.6. The van der Waals surface area contributed by atoms with Gasteiger partial charge in [0.15, 0.2) is 0 Å². The average Bonchev–Trinajstić information content (AvgIpc) is 2.68. The van der Waals surface area contributed by atoms with Gasteiger partial charge in [0, 0.05) is 41.8 Å². The maximum absolute atomic E-state index is 12.9. The summed E-state index contributed by atoms with van der Waals surface area (Å²) >= 11 is 12.1. The van der Waals surface area contributed by atoms with Crippen molar-refractivity contribution in [2.45, 2.75) is 17.9 Å². The van der Waals surface area contributed by atoms with Crippen molar-refractivity contribution in [1.29, 1.82) is 0 Å². The fourth-order valence-corrected chi connectivity index (χ4v) is 5.23. The van der Waals surface area contributed by atoms with E-state index in [1.807, 2.05) is 7.05 Å². The normalized spacial score (nSPS) is 17.1. The molecule has 0 aliphatic carbocycles. The first-order valence-electron chi connectivity index (χ1n) is 9.23. The van der Waals surface area contributed by atoms with Crippen molar-refractivity contribution in [1.82, 2.24) is 14.5 Å². The zero-order valence-electron chi connectivity index (χ0n) is 16.2. The average molecular weight is 456 g/mol. The van der Waals surface area contributed by atoms with E-state index in [9.17, 15) is 13.2 Å². The Hall–Kier alpha value is -1.64. The first-order valence-corrected chi connectivity index (χ1v) is 11.4. The van der Waals surface area contributed by atoms with Gasteiger partial charge in [-0.15, -0.1) is 0 Å². The van der Waals surface area contributed by atoms with Crippen LogP contribution >= 0.6 is 23.2 Å². The third-order valence-corrected chi connectivity index (χ3v) is 7.43. The molecule has 1 amide bonds. The molecule has 2 aromatic carbocycles. The Morgan fingerprint density at radius 1 is 1.07 bits per heavy atom. The molecule has 29 heavy (non-hydrogen) atoms. The van der Waals surface area contributed by atoms with Crippen LogP contribution in [-0.4, -0.2) is 56.8 Å². The van der Waals surface area contributed by atoms with Crippen LogP contribution in [0.5, 0.6) is 0 Å². The summed E-state index contributed by atoms with van der Waals surface area (Å²) in [4.78, 5) is 14.9. The van der Waals surface area contributed by atoms with Crippen LogP contribution in [0.1, 0.15) is 28.9 Å². The minimum atomic E-state index is -3.64. The van der Waals surface area contributed by atoms with E-state index in [1.165, 1.54) is 16.4 Å². The van der Waals surface area contributed by atoms with Crippen LogP contribution in [0.2, 0.25) is 10.0 Å². The van der Waals surface area contributed by atoms with Crippen molar-refractivity contribution in [2.75, 3.05) is 33.2 Å². The predicted molar refractivity (Wildman–Crippen MR) is 115 cm³/mol. The van der Waals surface area contributed by atoms with Crippen LogP contribution in [0, 0.1) is 0 Å². The molecule has 3 rings (SSSR count). The highest BCUT2D eigenvalue weighted by Crippen LogP contribution is 2.26. The van der Waals surface area contributed by atoms with Crippen LogP contribution in [0.25, 0.3) is 0 Å². The molecule has 1 aliphatic heterocycles. The molecule has 0 spiro atoms. The van der Waals surface area contributed by atoms with Gasteiger partial charge in [0.05, 0.1) is 10.9 Å². The third-order valence-electron chi connectivity index (χ3n) is 4.97. The fraction of sp³-hybridized carbons (Fsp3) is 0.350. The summed E-state index contributed by atoms with van der Waals surface area (Å²) in [6.07, 6.45) is 0. The number of benzene rings is 2. The van der Waals surface area contributed by atoms with E-state index in [0.29, 0.717) is 36.2 Å². The summed E-state index contributed by atoms with van der Waals surface area (Å²) in [6.45, 7) is 4.03. The third kappa shape index (κ3) is 5.10. The molecule has 1 saturated heterocycles. The van der Waals surface area contributed by atoms with Gasteiger partial charge in [0.25, 0.3) is 5.91 Å². The number of piperazine rings is 1. The summed E-state index contributed by atoms with van der Waals surface area (Å²) in [5.41, 5.74) is 1.00. The molecule has 1 atom stereocenters. The van der Waals surface area contributed by atoms with Gasteiger partial charge in [-0.1, -0.05) is 35.3 Å². The highest BCUT2D eigenvalue weighted by Gasteiger charge is 2.28. The summed E-state index contributed by atoms with van der Waals surface area (Å²) in [6, 6.07) is 10.8. The SMILES string of the molecule is C[C@H](NC(=O)c1cccc(S(=O)(=O)N2CCN(C)CC2)c1)c1ccc(Cl)cc1Cl. The smallest absolute Gasteiger partial charge is 0.251 e. The quantitative estimate of drug-likeness (QED) is 0.749. The number of rotatable bonds is 5. The maximum atomic E-state index is 12.9. The molecule has 6 nitrogen and oxygen atoms in total. The van der Waals surface area contributed by atoms with Crippen LogP contribution < -0.4 is 5.32 Å². The Morgan fingerprint density at radius 2 is 1.76 bits per heavy atom. The molecule has 1 heterocycles. The molecular weight excluding hydrogens is 433 g/mol. The molecule has 0 unspecified atom stereocenters. The Labute approximate surface area is 181 Å². The van der Waals surface area contributed by atoms with Crippen LogP contribution in [0.15, 0.2) is 47.4 Å². The van der Waals surface area contributed by atoms with Crippen LogP contribution in [0.3, 0.4) is 0 Å². The Bertz CT molecular complexity index is 1010. The largest absolute Gasteiger partial charge is 0.345 e. The number of nitrogens with one attached hydrogen (secondary N) is 1. The number of carbonyl (C=O) groups is 1. The molecule has 1 aliphatic rings. The Kier molecular flexibility index (Phi) is 6.86. The summed E-state index contributed by atoms with van der Waals surface area (Å²) in [5, 5.41) is 3.82. The lowest BCUT2D eigenvalue weighted by molar-refractivity contribution is 0.0939. The first kappa shape index (κ1) is 22.1. The molecule has 2 aromatic rings. The van der Waals surface area contributed by atoms with Gasteiger partial charge in [0.1, 0.15) is 0 Å². The van der Waals surface area contributed by atoms with Gasteiger partial charge >= 0.3 is 0 Å². The fourth-order valence-electron chi connectivity index (χ4n) is 3.19. The Balaban J connectivity index is 1.77. The van der Waals surface area contributed by atoms with Crippen molar-refractivity contribution in [2.24, 2.45) is 0 Å². The molecular formula is C20H23Cl2N3O3S. The van der Waals surface area contributed by atoms with Crippen molar-refractivity contribution in [3.63, 3.8) is 0 Å². The number of hydrogen-bond donors (Lipinski definition) is 1. The lowest BCUT2D eigenvalue weighted by atomic mass is 10.1. The maximum Gasteiger partial charge on any atom is 0.251 e. The van der Waals surface area contributed by atoms with Crippen LogP contribution in [0.4, 0.5) is 0 Å².